The van der Waals surface area contributed by atoms with Gasteiger partial charge in [0.05, 0.1) is 0 Å². The quantitative estimate of drug-likeness (QED) is 0.719. The maximum Gasteiger partial charge on any atom is 0.0345 e. The Morgan fingerprint density at radius 3 is 2.79 bits per heavy atom. The largest absolute Gasteiger partial charge is 0.399 e. The molecule has 0 radical (unpaired) electrons. The van der Waals surface area contributed by atoms with Gasteiger partial charge < -0.3 is 11.1 Å². The second-order valence-corrected chi connectivity index (χ2v) is 4.43. The smallest absolute Gasteiger partial charge is 0.0345 e. The summed E-state index contributed by atoms with van der Waals surface area (Å²) in [5, 5.41) is 3.45. The van der Waals surface area contributed by atoms with Gasteiger partial charge in [-0.15, -0.1) is 0 Å². The number of aryl methyl sites for hydroxylation is 1. The van der Waals surface area contributed by atoms with Crippen LogP contribution in [0.25, 0.3) is 0 Å². The van der Waals surface area contributed by atoms with Crippen molar-refractivity contribution in [3.05, 3.63) is 23.8 Å². The van der Waals surface area contributed by atoms with E-state index in [1.165, 1.54) is 12.1 Å². The van der Waals surface area contributed by atoms with Crippen molar-refractivity contribution in [2.75, 3.05) is 17.6 Å². The number of nitrogens with one attached hydrogen (secondary N) is 1. The maximum atomic E-state index is 5.75. The molecule has 2 unspecified atom stereocenters. The van der Waals surface area contributed by atoms with E-state index in [1.807, 2.05) is 13.0 Å². The van der Waals surface area contributed by atoms with E-state index in [-0.39, 0.29) is 0 Å². The Balaban J connectivity index is 1.92. The highest BCUT2D eigenvalue weighted by Gasteiger charge is 2.31. The van der Waals surface area contributed by atoms with Gasteiger partial charge in [-0.2, -0.15) is 0 Å². The number of nitrogens with two attached hydrogens (primary N) is 1. The molecular formula is C12H18N2. The van der Waals surface area contributed by atoms with Gasteiger partial charge >= 0.3 is 0 Å². The van der Waals surface area contributed by atoms with Crippen molar-refractivity contribution >= 4 is 11.4 Å². The monoisotopic (exact) mass is 190 g/mol. The van der Waals surface area contributed by atoms with Crippen molar-refractivity contribution in [3.8, 4) is 0 Å². The molecule has 0 saturated heterocycles. The molecule has 2 nitrogen and oxygen atoms in total. The molecule has 1 saturated carbocycles. The SMILES string of the molecule is Cc1cc(NCC2CC2C)ccc1N. The van der Waals surface area contributed by atoms with E-state index >= 15 is 0 Å². The maximum absolute atomic E-state index is 5.75. The second kappa shape index (κ2) is 3.52. The van der Waals surface area contributed by atoms with E-state index in [2.05, 4.69) is 24.4 Å². The van der Waals surface area contributed by atoms with Crippen molar-refractivity contribution in [2.45, 2.75) is 20.3 Å². The number of anilines is 2. The lowest BCUT2D eigenvalue weighted by Crippen LogP contribution is -2.04. The average Bonchev–Trinajstić information content (AvgIpc) is 2.85. The van der Waals surface area contributed by atoms with E-state index < -0.39 is 0 Å². The minimum Gasteiger partial charge on any atom is -0.399 e. The minimum atomic E-state index is 0.871. The second-order valence-electron chi connectivity index (χ2n) is 4.43. The molecule has 0 bridgehead atoms. The van der Waals surface area contributed by atoms with Gasteiger partial charge in [-0.1, -0.05) is 6.92 Å². The van der Waals surface area contributed by atoms with Crippen LogP contribution in [0.4, 0.5) is 11.4 Å². The molecule has 76 valence electrons. The first kappa shape index (κ1) is 9.38. The number of rotatable bonds is 3. The normalized spacial score (nSPS) is 24.7. The number of benzene rings is 1. The minimum absolute atomic E-state index is 0.871. The first-order chi connectivity index (χ1) is 6.66. The van der Waals surface area contributed by atoms with Crippen LogP contribution >= 0.6 is 0 Å². The number of hydrogen-bond acceptors (Lipinski definition) is 2. The third-order valence-corrected chi connectivity index (χ3v) is 3.11. The molecule has 2 heteroatoms. The highest BCUT2D eigenvalue weighted by molar-refractivity contribution is 5.56. The Morgan fingerprint density at radius 2 is 2.21 bits per heavy atom. The highest BCUT2D eigenvalue weighted by atomic mass is 14.9. The van der Waals surface area contributed by atoms with Crippen LogP contribution in [-0.4, -0.2) is 6.54 Å². The molecule has 3 N–H and O–H groups in total. The van der Waals surface area contributed by atoms with Crippen LogP contribution < -0.4 is 11.1 Å². The van der Waals surface area contributed by atoms with Gasteiger partial charge in [-0.3, -0.25) is 0 Å². The van der Waals surface area contributed by atoms with Gasteiger partial charge in [0.25, 0.3) is 0 Å². The standard InChI is InChI=1S/C12H18N2/c1-8-5-10(8)7-14-11-3-4-12(13)9(2)6-11/h3-4,6,8,10,14H,5,7,13H2,1-2H3. The van der Waals surface area contributed by atoms with Gasteiger partial charge in [0.2, 0.25) is 0 Å². The van der Waals surface area contributed by atoms with Gasteiger partial charge in [-0.25, -0.2) is 0 Å². The van der Waals surface area contributed by atoms with E-state index in [0.29, 0.717) is 0 Å². The van der Waals surface area contributed by atoms with Crippen molar-refractivity contribution < 1.29 is 0 Å². The Morgan fingerprint density at radius 1 is 1.50 bits per heavy atom. The van der Waals surface area contributed by atoms with Crippen LogP contribution in [0.2, 0.25) is 0 Å². The zero-order valence-corrected chi connectivity index (χ0v) is 8.88. The third kappa shape index (κ3) is 2.00. The van der Waals surface area contributed by atoms with Crippen LogP contribution in [0.1, 0.15) is 18.9 Å². The first-order valence-corrected chi connectivity index (χ1v) is 5.27. The third-order valence-electron chi connectivity index (χ3n) is 3.11. The summed E-state index contributed by atoms with van der Waals surface area (Å²) in [6.07, 6.45) is 1.38. The molecule has 1 aliphatic carbocycles. The fourth-order valence-corrected chi connectivity index (χ4v) is 1.72. The zero-order chi connectivity index (χ0) is 10.1. The first-order valence-electron chi connectivity index (χ1n) is 5.27. The van der Waals surface area contributed by atoms with E-state index in [0.717, 1.165) is 29.6 Å². The molecule has 0 spiro atoms. The summed E-state index contributed by atoms with van der Waals surface area (Å²) in [7, 11) is 0. The van der Waals surface area contributed by atoms with Crippen LogP contribution in [-0.2, 0) is 0 Å². The number of hydrogen-bond donors (Lipinski definition) is 2. The van der Waals surface area contributed by atoms with Crippen molar-refractivity contribution in [1.29, 1.82) is 0 Å². The summed E-state index contributed by atoms with van der Waals surface area (Å²) in [6.45, 7) is 5.45. The lowest BCUT2D eigenvalue weighted by Gasteiger charge is -2.07. The zero-order valence-electron chi connectivity index (χ0n) is 8.88. The van der Waals surface area contributed by atoms with E-state index in [1.54, 1.807) is 0 Å². The Labute approximate surface area is 85.5 Å². The van der Waals surface area contributed by atoms with Gasteiger partial charge in [0.1, 0.15) is 0 Å². The molecule has 0 heterocycles. The van der Waals surface area contributed by atoms with E-state index in [9.17, 15) is 0 Å². The summed E-state index contributed by atoms with van der Waals surface area (Å²) >= 11 is 0. The molecule has 14 heavy (non-hydrogen) atoms. The Bertz CT molecular complexity index is 333. The summed E-state index contributed by atoms with van der Waals surface area (Å²) < 4.78 is 0. The van der Waals surface area contributed by atoms with Crippen LogP contribution in [0.3, 0.4) is 0 Å². The lowest BCUT2D eigenvalue weighted by atomic mass is 10.2. The molecule has 2 rings (SSSR count). The van der Waals surface area contributed by atoms with Crippen LogP contribution in [0.15, 0.2) is 18.2 Å². The summed E-state index contributed by atoms with van der Waals surface area (Å²) in [4.78, 5) is 0. The number of nitrogen functional groups attached to an aromatic ring is 1. The lowest BCUT2D eigenvalue weighted by molar-refractivity contribution is 0.787. The van der Waals surface area contributed by atoms with Crippen LogP contribution in [0.5, 0.6) is 0 Å². The summed E-state index contributed by atoms with van der Waals surface area (Å²) in [5.41, 5.74) is 8.96. The predicted molar refractivity (Wildman–Crippen MR) is 61.4 cm³/mol. The van der Waals surface area contributed by atoms with Gasteiger partial charge in [-0.05, 0) is 48.9 Å². The summed E-state index contributed by atoms with van der Waals surface area (Å²) in [5.74, 6) is 1.80. The molecule has 1 aliphatic rings. The van der Waals surface area contributed by atoms with E-state index in [4.69, 9.17) is 5.73 Å². The van der Waals surface area contributed by atoms with Gasteiger partial charge in [0, 0.05) is 17.9 Å². The highest BCUT2D eigenvalue weighted by Crippen LogP contribution is 2.37. The molecule has 1 fully saturated rings. The van der Waals surface area contributed by atoms with Crippen molar-refractivity contribution in [3.63, 3.8) is 0 Å². The Kier molecular flexibility index (Phi) is 2.36. The molecule has 2 atom stereocenters. The Hall–Kier alpha value is -1.18. The fraction of sp³-hybridized carbons (Fsp3) is 0.500. The molecule has 0 aromatic heterocycles. The van der Waals surface area contributed by atoms with Crippen molar-refractivity contribution in [1.82, 2.24) is 0 Å². The molecular weight excluding hydrogens is 172 g/mol. The van der Waals surface area contributed by atoms with Gasteiger partial charge in [0.15, 0.2) is 0 Å². The summed E-state index contributed by atoms with van der Waals surface area (Å²) in [6, 6.07) is 6.13. The molecule has 0 aliphatic heterocycles. The molecule has 1 aromatic carbocycles. The average molecular weight is 190 g/mol. The topological polar surface area (TPSA) is 38.0 Å². The van der Waals surface area contributed by atoms with Crippen LogP contribution in [0, 0.1) is 18.8 Å². The molecule has 0 amide bonds. The van der Waals surface area contributed by atoms with Crippen molar-refractivity contribution in [2.24, 2.45) is 11.8 Å². The molecule has 1 aromatic rings. The fourth-order valence-electron chi connectivity index (χ4n) is 1.72. The predicted octanol–water partition coefficient (Wildman–Crippen LogP) is 2.65.